The van der Waals surface area contributed by atoms with Gasteiger partial charge in [0.1, 0.15) is 11.6 Å². The summed E-state index contributed by atoms with van der Waals surface area (Å²) < 4.78 is 0. The number of Topliss-reactive ketones (excluding diaryl/α,β-unsaturated/α-hetero) is 2. The Hall–Kier alpha value is -1.19. The third kappa shape index (κ3) is 11.9. The van der Waals surface area contributed by atoms with Gasteiger partial charge in [-0.05, 0) is 32.6 Å². The van der Waals surface area contributed by atoms with Crippen LogP contribution in [-0.2, 0) is 14.4 Å². The summed E-state index contributed by atoms with van der Waals surface area (Å²) in [4.78, 5) is 33.6. The molecular formula is C16H29NO3. The molecule has 0 rings (SSSR count). The molecule has 0 aromatic heterocycles. The Labute approximate surface area is 122 Å². The van der Waals surface area contributed by atoms with Gasteiger partial charge in [0, 0.05) is 31.7 Å². The highest BCUT2D eigenvalue weighted by Crippen LogP contribution is 2.06. The summed E-state index contributed by atoms with van der Waals surface area (Å²) in [6.07, 6.45) is 6.08. The third-order valence-corrected chi connectivity index (χ3v) is 3.25. The second kappa shape index (κ2) is 11.6. The summed E-state index contributed by atoms with van der Waals surface area (Å²) in [6, 6.07) is 0. The van der Waals surface area contributed by atoms with E-state index in [4.69, 9.17) is 0 Å². The normalized spacial score (nSPS) is 10.6. The molecule has 0 aliphatic rings. The highest BCUT2D eigenvalue weighted by atomic mass is 16.1. The summed E-state index contributed by atoms with van der Waals surface area (Å²) in [5, 5.41) is 2.87. The van der Waals surface area contributed by atoms with Crippen molar-refractivity contribution in [2.45, 2.75) is 72.1 Å². The first-order chi connectivity index (χ1) is 9.43. The molecule has 4 nitrogen and oxygen atoms in total. The number of carbonyl (C=O) groups is 3. The van der Waals surface area contributed by atoms with Gasteiger partial charge in [-0.2, -0.15) is 0 Å². The Kier molecular flexibility index (Phi) is 10.9. The highest BCUT2D eigenvalue weighted by molar-refractivity contribution is 5.80. The Morgan fingerprint density at radius 1 is 0.850 bits per heavy atom. The quantitative estimate of drug-likeness (QED) is 0.560. The number of nitrogens with one attached hydrogen (secondary N) is 1. The summed E-state index contributed by atoms with van der Waals surface area (Å²) in [6.45, 7) is 6.09. The van der Waals surface area contributed by atoms with Crippen LogP contribution in [0.5, 0.6) is 0 Å². The fraction of sp³-hybridized carbons (Fsp3) is 0.812. The van der Waals surface area contributed by atoms with Crippen LogP contribution < -0.4 is 5.32 Å². The van der Waals surface area contributed by atoms with Crippen LogP contribution in [0.3, 0.4) is 0 Å². The maximum absolute atomic E-state index is 11.5. The fourth-order valence-electron chi connectivity index (χ4n) is 1.87. The first-order valence-corrected chi connectivity index (χ1v) is 7.72. The average molecular weight is 283 g/mol. The molecular weight excluding hydrogens is 254 g/mol. The molecule has 0 radical (unpaired) electrons. The predicted molar refractivity (Wildman–Crippen MR) is 80.5 cm³/mol. The zero-order valence-corrected chi connectivity index (χ0v) is 13.2. The number of amides is 1. The molecule has 4 heteroatoms. The first-order valence-electron chi connectivity index (χ1n) is 7.72. The van der Waals surface area contributed by atoms with E-state index >= 15 is 0 Å². The van der Waals surface area contributed by atoms with Gasteiger partial charge in [0.2, 0.25) is 5.91 Å². The minimum atomic E-state index is 0.0635. The molecule has 0 aliphatic heterocycles. The monoisotopic (exact) mass is 283 g/mol. The molecule has 1 amide bonds. The minimum Gasteiger partial charge on any atom is -0.356 e. The smallest absolute Gasteiger partial charge is 0.219 e. The van der Waals surface area contributed by atoms with Crippen molar-refractivity contribution in [3.05, 3.63) is 0 Å². The van der Waals surface area contributed by atoms with Crippen molar-refractivity contribution in [3.8, 4) is 0 Å². The van der Waals surface area contributed by atoms with E-state index in [-0.39, 0.29) is 23.4 Å². The second-order valence-electron chi connectivity index (χ2n) is 5.69. The van der Waals surface area contributed by atoms with E-state index in [1.54, 1.807) is 6.92 Å². The van der Waals surface area contributed by atoms with Crippen molar-refractivity contribution >= 4 is 17.5 Å². The second-order valence-corrected chi connectivity index (χ2v) is 5.69. The van der Waals surface area contributed by atoms with Crippen molar-refractivity contribution < 1.29 is 14.4 Å². The van der Waals surface area contributed by atoms with Crippen LogP contribution in [0.4, 0.5) is 0 Å². The lowest BCUT2D eigenvalue weighted by Crippen LogP contribution is -2.24. The Balaban J connectivity index is 3.37. The van der Waals surface area contributed by atoms with Crippen LogP contribution >= 0.6 is 0 Å². The average Bonchev–Trinajstić information content (AvgIpc) is 2.37. The lowest BCUT2D eigenvalue weighted by atomic mass is 10.0. The maximum atomic E-state index is 11.5. The summed E-state index contributed by atoms with van der Waals surface area (Å²) in [5.41, 5.74) is 0. The van der Waals surface area contributed by atoms with E-state index in [1.165, 1.54) is 0 Å². The van der Waals surface area contributed by atoms with Gasteiger partial charge < -0.3 is 10.1 Å². The summed E-state index contributed by atoms with van der Waals surface area (Å²) >= 11 is 0. The van der Waals surface area contributed by atoms with E-state index in [1.807, 2.05) is 13.8 Å². The fourth-order valence-corrected chi connectivity index (χ4v) is 1.87. The number of hydrogen-bond acceptors (Lipinski definition) is 3. The molecule has 0 saturated carbocycles. The van der Waals surface area contributed by atoms with Gasteiger partial charge in [-0.3, -0.25) is 9.59 Å². The van der Waals surface area contributed by atoms with Crippen LogP contribution in [0, 0.1) is 5.92 Å². The van der Waals surface area contributed by atoms with E-state index in [9.17, 15) is 14.4 Å². The van der Waals surface area contributed by atoms with Crippen LogP contribution in [0.15, 0.2) is 0 Å². The minimum absolute atomic E-state index is 0.0635. The van der Waals surface area contributed by atoms with Crippen molar-refractivity contribution in [2.75, 3.05) is 6.54 Å². The zero-order chi connectivity index (χ0) is 15.4. The highest BCUT2D eigenvalue weighted by Gasteiger charge is 2.07. The number of unbranched alkanes of at least 4 members (excludes halogenated alkanes) is 3. The topological polar surface area (TPSA) is 63.2 Å². The number of carbonyl (C=O) groups excluding carboxylic acids is 3. The molecule has 0 aliphatic carbocycles. The first kappa shape index (κ1) is 18.8. The lowest BCUT2D eigenvalue weighted by Gasteiger charge is -2.06. The molecule has 0 aromatic carbocycles. The van der Waals surface area contributed by atoms with Crippen molar-refractivity contribution in [1.82, 2.24) is 5.32 Å². The standard InChI is InChI=1S/C16H29NO3/c1-13(2)15(19)10-6-7-11-16(20)17-12-8-4-5-9-14(3)18/h13H,4-12H2,1-3H3,(H,17,20). The Morgan fingerprint density at radius 2 is 1.45 bits per heavy atom. The van der Waals surface area contributed by atoms with E-state index in [0.717, 1.165) is 32.1 Å². The molecule has 0 unspecified atom stereocenters. The van der Waals surface area contributed by atoms with Gasteiger partial charge in [0.15, 0.2) is 0 Å². The largest absolute Gasteiger partial charge is 0.356 e. The van der Waals surface area contributed by atoms with E-state index in [2.05, 4.69) is 5.32 Å². The summed E-state index contributed by atoms with van der Waals surface area (Å²) in [7, 11) is 0. The van der Waals surface area contributed by atoms with Crippen LogP contribution in [0.1, 0.15) is 72.1 Å². The van der Waals surface area contributed by atoms with Crippen molar-refractivity contribution in [1.29, 1.82) is 0 Å². The van der Waals surface area contributed by atoms with Gasteiger partial charge in [0.05, 0.1) is 0 Å². The molecule has 0 atom stereocenters. The molecule has 1 N–H and O–H groups in total. The molecule has 0 saturated heterocycles. The van der Waals surface area contributed by atoms with Gasteiger partial charge >= 0.3 is 0 Å². The van der Waals surface area contributed by atoms with Gasteiger partial charge in [-0.15, -0.1) is 0 Å². The SMILES string of the molecule is CC(=O)CCCCCNC(=O)CCCCC(=O)C(C)C. The number of hydrogen-bond donors (Lipinski definition) is 1. The van der Waals surface area contributed by atoms with Crippen molar-refractivity contribution in [3.63, 3.8) is 0 Å². The van der Waals surface area contributed by atoms with E-state index in [0.29, 0.717) is 25.8 Å². The van der Waals surface area contributed by atoms with Crippen LogP contribution in [0.25, 0.3) is 0 Å². The lowest BCUT2D eigenvalue weighted by molar-refractivity contribution is -0.123. The molecule has 0 fully saturated rings. The van der Waals surface area contributed by atoms with Gasteiger partial charge in [0.25, 0.3) is 0 Å². The molecule has 116 valence electrons. The van der Waals surface area contributed by atoms with Crippen LogP contribution in [-0.4, -0.2) is 24.0 Å². The van der Waals surface area contributed by atoms with Gasteiger partial charge in [-0.25, -0.2) is 0 Å². The summed E-state index contributed by atoms with van der Waals surface area (Å²) in [5.74, 6) is 0.660. The molecule has 20 heavy (non-hydrogen) atoms. The molecule has 0 heterocycles. The van der Waals surface area contributed by atoms with Crippen LogP contribution in [0.2, 0.25) is 0 Å². The number of rotatable bonds is 12. The Bertz CT molecular complexity index is 311. The molecule has 0 spiro atoms. The predicted octanol–water partition coefficient (Wildman–Crippen LogP) is 3.04. The third-order valence-electron chi connectivity index (χ3n) is 3.25. The Morgan fingerprint density at radius 3 is 2.05 bits per heavy atom. The maximum Gasteiger partial charge on any atom is 0.219 e. The molecule has 0 aromatic rings. The van der Waals surface area contributed by atoms with Gasteiger partial charge in [-0.1, -0.05) is 20.3 Å². The zero-order valence-electron chi connectivity index (χ0n) is 13.2. The van der Waals surface area contributed by atoms with Crippen molar-refractivity contribution in [2.24, 2.45) is 5.92 Å². The van der Waals surface area contributed by atoms with E-state index < -0.39 is 0 Å². The molecule has 0 bridgehead atoms. The number of ketones is 2.